The minimum atomic E-state index is -0.946. The number of nitrogens with zero attached hydrogens (tertiary/aromatic N) is 3. The van der Waals surface area contributed by atoms with Crippen LogP contribution in [-0.2, 0) is 11.2 Å². The number of carbonyl (C=O) groups is 1. The van der Waals surface area contributed by atoms with E-state index in [0.717, 1.165) is 5.56 Å². The van der Waals surface area contributed by atoms with Gasteiger partial charge in [0.25, 0.3) is 11.3 Å². The minimum Gasteiger partial charge on any atom is -0.481 e. The summed E-state index contributed by atoms with van der Waals surface area (Å²) < 4.78 is 1.26. The molecule has 0 spiro atoms. The van der Waals surface area contributed by atoms with Crippen LogP contribution in [0, 0.1) is 6.92 Å². The first-order valence-corrected chi connectivity index (χ1v) is 6.81. The Bertz CT molecular complexity index is 896. The summed E-state index contributed by atoms with van der Waals surface area (Å²) in [7, 11) is 0. The molecule has 2 heterocycles. The van der Waals surface area contributed by atoms with Gasteiger partial charge in [-0.15, -0.1) is 0 Å². The maximum atomic E-state index is 12.5. The summed E-state index contributed by atoms with van der Waals surface area (Å²) in [4.78, 5) is 31.8. The first kappa shape index (κ1) is 14.0. The Kier molecular flexibility index (Phi) is 3.46. The predicted molar refractivity (Wildman–Crippen MR) is 79.7 cm³/mol. The number of rotatable bonds is 4. The van der Waals surface area contributed by atoms with Crippen LogP contribution >= 0.6 is 0 Å². The molecule has 22 heavy (non-hydrogen) atoms. The van der Waals surface area contributed by atoms with E-state index in [9.17, 15) is 9.59 Å². The van der Waals surface area contributed by atoms with Crippen molar-refractivity contribution < 1.29 is 9.90 Å². The summed E-state index contributed by atoms with van der Waals surface area (Å²) >= 11 is 0. The molecule has 3 rings (SSSR count). The van der Waals surface area contributed by atoms with Gasteiger partial charge in [0.2, 0.25) is 0 Å². The Hall–Kier alpha value is -2.96. The molecule has 2 aromatic heterocycles. The quantitative estimate of drug-likeness (QED) is 0.758. The summed E-state index contributed by atoms with van der Waals surface area (Å²) in [5.74, 6) is -0.126. The molecule has 7 heteroatoms. The van der Waals surface area contributed by atoms with Gasteiger partial charge in [-0.3, -0.25) is 14.7 Å². The summed E-state index contributed by atoms with van der Waals surface area (Å²) in [6, 6.07) is 9.40. The molecule has 0 aliphatic rings. The average molecular weight is 298 g/mol. The van der Waals surface area contributed by atoms with E-state index in [1.54, 1.807) is 6.92 Å². The molecule has 0 unspecified atom stereocenters. The first-order valence-electron chi connectivity index (χ1n) is 6.81. The van der Waals surface area contributed by atoms with Gasteiger partial charge < -0.3 is 5.11 Å². The van der Waals surface area contributed by atoms with Crippen LogP contribution < -0.4 is 5.56 Å². The van der Waals surface area contributed by atoms with Gasteiger partial charge >= 0.3 is 5.97 Å². The van der Waals surface area contributed by atoms with Crippen LogP contribution in [0.1, 0.15) is 17.7 Å². The van der Waals surface area contributed by atoms with Crippen LogP contribution in [0.25, 0.3) is 17.2 Å². The SMILES string of the molecule is Cc1nc2nc(-c3ccccc3)[nH]n2c(=O)c1CCC(=O)O. The summed E-state index contributed by atoms with van der Waals surface area (Å²) in [6.45, 7) is 1.69. The minimum absolute atomic E-state index is 0.108. The van der Waals surface area contributed by atoms with E-state index >= 15 is 0 Å². The largest absolute Gasteiger partial charge is 0.481 e. The highest BCUT2D eigenvalue weighted by Crippen LogP contribution is 2.14. The number of carboxylic acid groups (broad SMARTS) is 1. The van der Waals surface area contributed by atoms with E-state index in [0.29, 0.717) is 17.1 Å². The molecular formula is C15H14N4O3. The second kappa shape index (κ2) is 5.44. The number of aliphatic carboxylic acids is 1. The molecule has 0 saturated heterocycles. The van der Waals surface area contributed by atoms with Crippen LogP contribution in [-0.4, -0.2) is 30.7 Å². The normalized spacial score (nSPS) is 11.0. The highest BCUT2D eigenvalue weighted by Gasteiger charge is 2.14. The molecule has 7 nitrogen and oxygen atoms in total. The van der Waals surface area contributed by atoms with Gasteiger partial charge in [0.1, 0.15) is 0 Å². The lowest BCUT2D eigenvalue weighted by molar-refractivity contribution is -0.136. The molecule has 2 N–H and O–H groups in total. The van der Waals surface area contributed by atoms with Crippen molar-refractivity contribution in [2.75, 3.05) is 0 Å². The van der Waals surface area contributed by atoms with Crippen LogP contribution in [0.5, 0.6) is 0 Å². The average Bonchev–Trinajstić information content (AvgIpc) is 2.92. The second-order valence-corrected chi connectivity index (χ2v) is 4.95. The van der Waals surface area contributed by atoms with Gasteiger partial charge in [0, 0.05) is 17.5 Å². The van der Waals surface area contributed by atoms with E-state index in [2.05, 4.69) is 15.1 Å². The molecule has 0 saturated carbocycles. The van der Waals surface area contributed by atoms with E-state index < -0.39 is 5.97 Å². The third-order valence-electron chi connectivity index (χ3n) is 3.43. The smallest absolute Gasteiger partial charge is 0.303 e. The van der Waals surface area contributed by atoms with Gasteiger partial charge in [-0.05, 0) is 13.3 Å². The van der Waals surface area contributed by atoms with Gasteiger partial charge in [-0.2, -0.15) is 9.50 Å². The monoisotopic (exact) mass is 298 g/mol. The fourth-order valence-corrected chi connectivity index (χ4v) is 2.30. The Morgan fingerprint density at radius 2 is 2.00 bits per heavy atom. The van der Waals surface area contributed by atoms with Crippen molar-refractivity contribution in [3.8, 4) is 11.4 Å². The van der Waals surface area contributed by atoms with E-state index in [1.165, 1.54) is 4.52 Å². The highest BCUT2D eigenvalue weighted by molar-refractivity contribution is 5.67. The van der Waals surface area contributed by atoms with Crippen molar-refractivity contribution in [1.29, 1.82) is 0 Å². The van der Waals surface area contributed by atoms with E-state index in [1.807, 2.05) is 30.3 Å². The Balaban J connectivity index is 2.11. The first-order chi connectivity index (χ1) is 10.6. The van der Waals surface area contributed by atoms with Crippen molar-refractivity contribution in [2.45, 2.75) is 19.8 Å². The molecule has 1 aromatic carbocycles. The zero-order valence-electron chi connectivity index (χ0n) is 11.9. The standard InChI is InChI=1S/C15H14N4O3/c1-9-11(7-8-12(20)21)14(22)19-15(16-9)17-13(18-19)10-5-3-2-4-6-10/h2-6H,7-8H2,1H3,(H,20,21)(H,16,17,18). The maximum Gasteiger partial charge on any atom is 0.303 e. The molecule has 3 aromatic rings. The molecular weight excluding hydrogens is 284 g/mol. The number of aromatic amines is 1. The predicted octanol–water partition coefficient (Wildman–Crippen LogP) is 1.41. The van der Waals surface area contributed by atoms with Gasteiger partial charge in [-0.1, -0.05) is 30.3 Å². The highest BCUT2D eigenvalue weighted by atomic mass is 16.4. The maximum absolute atomic E-state index is 12.5. The van der Waals surface area contributed by atoms with Crippen LogP contribution in [0.4, 0.5) is 0 Å². The number of fused-ring (bicyclic) bond motifs is 1. The number of H-pyrrole nitrogens is 1. The van der Waals surface area contributed by atoms with E-state index in [4.69, 9.17) is 5.11 Å². The Morgan fingerprint density at radius 3 is 2.68 bits per heavy atom. The van der Waals surface area contributed by atoms with Crippen molar-refractivity contribution in [3.05, 3.63) is 51.9 Å². The fourth-order valence-electron chi connectivity index (χ4n) is 2.30. The third-order valence-corrected chi connectivity index (χ3v) is 3.43. The third kappa shape index (κ3) is 2.48. The number of benzene rings is 1. The van der Waals surface area contributed by atoms with Gasteiger partial charge in [0.05, 0.1) is 5.69 Å². The molecule has 0 fully saturated rings. The molecule has 0 aliphatic carbocycles. The molecule has 0 atom stereocenters. The second-order valence-electron chi connectivity index (χ2n) is 4.95. The van der Waals surface area contributed by atoms with Gasteiger partial charge in [0.15, 0.2) is 5.82 Å². The number of nitrogens with one attached hydrogen (secondary N) is 1. The molecule has 0 bridgehead atoms. The Labute approximate surface area is 125 Å². The van der Waals surface area contributed by atoms with Crippen molar-refractivity contribution in [3.63, 3.8) is 0 Å². The number of hydrogen-bond acceptors (Lipinski definition) is 4. The van der Waals surface area contributed by atoms with E-state index in [-0.39, 0.29) is 24.2 Å². The molecule has 0 radical (unpaired) electrons. The van der Waals surface area contributed by atoms with Crippen molar-refractivity contribution in [2.24, 2.45) is 0 Å². The summed E-state index contributed by atoms with van der Waals surface area (Å²) in [5.41, 5.74) is 1.44. The lowest BCUT2D eigenvalue weighted by Gasteiger charge is -2.02. The molecule has 0 amide bonds. The van der Waals surface area contributed by atoms with Crippen LogP contribution in [0.2, 0.25) is 0 Å². The fraction of sp³-hybridized carbons (Fsp3) is 0.200. The van der Waals surface area contributed by atoms with Crippen LogP contribution in [0.15, 0.2) is 35.1 Å². The van der Waals surface area contributed by atoms with Gasteiger partial charge in [-0.25, -0.2) is 4.98 Å². The van der Waals surface area contributed by atoms with Crippen molar-refractivity contribution in [1.82, 2.24) is 19.6 Å². The summed E-state index contributed by atoms with van der Waals surface area (Å²) in [5, 5.41) is 11.7. The zero-order chi connectivity index (χ0) is 15.7. The van der Waals surface area contributed by atoms with Crippen LogP contribution in [0.3, 0.4) is 0 Å². The lowest BCUT2D eigenvalue weighted by Crippen LogP contribution is -2.22. The molecule has 112 valence electrons. The number of aryl methyl sites for hydroxylation is 1. The topological polar surface area (TPSA) is 100 Å². The van der Waals surface area contributed by atoms with Crippen molar-refractivity contribution >= 4 is 11.7 Å². The zero-order valence-corrected chi connectivity index (χ0v) is 11.9. The number of carboxylic acids is 1. The Morgan fingerprint density at radius 1 is 1.27 bits per heavy atom. The lowest BCUT2D eigenvalue weighted by atomic mass is 10.1. The number of aromatic nitrogens is 4. The number of hydrogen-bond donors (Lipinski definition) is 2. The molecule has 0 aliphatic heterocycles. The summed E-state index contributed by atoms with van der Waals surface area (Å²) in [6.07, 6.45) is 0.0408.